The van der Waals surface area contributed by atoms with Crippen LogP contribution in [0.5, 0.6) is 0 Å². The Labute approximate surface area is 164 Å². The van der Waals surface area contributed by atoms with E-state index in [2.05, 4.69) is 4.57 Å². The van der Waals surface area contributed by atoms with Crippen LogP contribution in [0.25, 0.3) is 10.8 Å². The maximum Gasteiger partial charge on any atom is 0.244 e. The average Bonchev–Trinajstić information content (AvgIpc) is 3.22. The minimum absolute atomic E-state index is 0.332. The fraction of sp³-hybridized carbons (Fsp3) is 0.130. The van der Waals surface area contributed by atoms with Gasteiger partial charge in [-0.05, 0) is 40.6 Å². The Kier molecular flexibility index (Phi) is 4.07. The third kappa shape index (κ3) is 2.75. The molecule has 0 spiro atoms. The highest BCUT2D eigenvalue weighted by Gasteiger charge is 2.37. The zero-order valence-electron chi connectivity index (χ0n) is 15.3. The number of fused-ring (bicyclic) bond motifs is 2. The molecule has 5 rings (SSSR count). The molecule has 1 atom stereocenters. The first-order chi connectivity index (χ1) is 13.6. The lowest BCUT2D eigenvalue weighted by Crippen LogP contribution is -2.42. The maximum absolute atomic E-state index is 13.7. The molecule has 28 heavy (non-hydrogen) atoms. The van der Waals surface area contributed by atoms with Crippen molar-refractivity contribution < 1.29 is 8.42 Å². The van der Waals surface area contributed by atoms with Crippen LogP contribution < -0.4 is 0 Å². The highest BCUT2D eigenvalue weighted by Crippen LogP contribution is 2.36. The van der Waals surface area contributed by atoms with Crippen LogP contribution in [-0.2, 0) is 16.6 Å². The second-order valence-electron chi connectivity index (χ2n) is 7.06. The topological polar surface area (TPSA) is 42.3 Å². The molecule has 1 aliphatic heterocycles. The summed E-state index contributed by atoms with van der Waals surface area (Å²) in [5, 5.41) is 1.97. The molecule has 0 saturated heterocycles. The minimum Gasteiger partial charge on any atom is -0.348 e. The number of nitrogens with zero attached hydrogens (tertiary/aromatic N) is 2. The summed E-state index contributed by atoms with van der Waals surface area (Å²) in [5.74, 6) is 0. The van der Waals surface area contributed by atoms with E-state index in [0.717, 1.165) is 22.0 Å². The lowest BCUT2D eigenvalue weighted by molar-refractivity contribution is 0.298. The predicted octanol–water partition coefficient (Wildman–Crippen LogP) is 4.44. The first-order valence-electron chi connectivity index (χ1n) is 9.35. The summed E-state index contributed by atoms with van der Waals surface area (Å²) in [6, 6.07) is 26.7. The van der Waals surface area contributed by atoms with Crippen LogP contribution in [0.4, 0.5) is 0 Å². The van der Waals surface area contributed by atoms with Crippen molar-refractivity contribution in [3.8, 4) is 0 Å². The summed E-state index contributed by atoms with van der Waals surface area (Å²) in [6.45, 7) is 1.09. The van der Waals surface area contributed by atoms with Gasteiger partial charge in [0.25, 0.3) is 0 Å². The van der Waals surface area contributed by atoms with Crippen molar-refractivity contribution in [3.05, 3.63) is 102 Å². The van der Waals surface area contributed by atoms with Crippen LogP contribution in [0.2, 0.25) is 0 Å². The fourth-order valence-electron chi connectivity index (χ4n) is 4.06. The van der Waals surface area contributed by atoms with Crippen LogP contribution in [0, 0.1) is 0 Å². The van der Waals surface area contributed by atoms with Crippen LogP contribution in [0.15, 0.2) is 96.0 Å². The second-order valence-corrected chi connectivity index (χ2v) is 8.95. The van der Waals surface area contributed by atoms with Crippen LogP contribution in [0.1, 0.15) is 17.3 Å². The van der Waals surface area contributed by atoms with Crippen molar-refractivity contribution >= 4 is 20.8 Å². The molecule has 0 N–H and O–H groups in total. The molecule has 0 amide bonds. The summed E-state index contributed by atoms with van der Waals surface area (Å²) in [6.07, 6.45) is 2.02. The van der Waals surface area contributed by atoms with E-state index in [0.29, 0.717) is 18.0 Å². The number of sulfonamides is 1. The van der Waals surface area contributed by atoms with E-state index >= 15 is 0 Å². The third-order valence-corrected chi connectivity index (χ3v) is 7.30. The lowest BCUT2D eigenvalue weighted by Gasteiger charge is -2.36. The molecule has 1 unspecified atom stereocenters. The summed E-state index contributed by atoms with van der Waals surface area (Å²) in [4.78, 5) is 0.340. The maximum atomic E-state index is 13.7. The van der Waals surface area contributed by atoms with E-state index < -0.39 is 10.0 Å². The molecule has 3 aromatic carbocycles. The van der Waals surface area contributed by atoms with Gasteiger partial charge in [0.05, 0.1) is 10.9 Å². The van der Waals surface area contributed by atoms with E-state index in [-0.39, 0.29) is 6.04 Å². The first-order valence-corrected chi connectivity index (χ1v) is 10.8. The molecule has 0 saturated carbocycles. The summed E-state index contributed by atoms with van der Waals surface area (Å²) in [7, 11) is -3.65. The second kappa shape index (κ2) is 6.62. The van der Waals surface area contributed by atoms with E-state index in [1.165, 1.54) is 0 Å². The lowest BCUT2D eigenvalue weighted by atomic mass is 10.0. The Bertz CT molecular complexity index is 1250. The van der Waals surface area contributed by atoms with E-state index in [1.54, 1.807) is 16.4 Å². The van der Waals surface area contributed by atoms with E-state index in [9.17, 15) is 8.42 Å². The Hall–Kier alpha value is -2.89. The minimum atomic E-state index is -3.65. The predicted molar refractivity (Wildman–Crippen MR) is 111 cm³/mol. The molecule has 140 valence electrons. The zero-order valence-corrected chi connectivity index (χ0v) is 16.1. The standard InChI is InChI=1S/C23H20N2O2S/c26-28(27,21-13-12-18-7-4-5-10-20(18)17-21)25-16-15-24-14-6-11-22(24)23(25)19-8-2-1-3-9-19/h1-14,17,23H,15-16H2. The van der Waals surface area contributed by atoms with Crippen molar-refractivity contribution in [1.82, 2.24) is 8.87 Å². The molecule has 0 aliphatic carbocycles. The molecule has 2 heterocycles. The molecular weight excluding hydrogens is 368 g/mol. The Balaban J connectivity index is 1.65. The van der Waals surface area contributed by atoms with Gasteiger partial charge < -0.3 is 4.57 Å². The van der Waals surface area contributed by atoms with Crippen molar-refractivity contribution in [1.29, 1.82) is 0 Å². The normalized spacial score (nSPS) is 17.5. The number of hydrogen-bond acceptors (Lipinski definition) is 2. The van der Waals surface area contributed by atoms with Gasteiger partial charge >= 0.3 is 0 Å². The summed E-state index contributed by atoms with van der Waals surface area (Å²) >= 11 is 0. The van der Waals surface area contributed by atoms with Crippen LogP contribution in [0.3, 0.4) is 0 Å². The number of hydrogen-bond donors (Lipinski definition) is 0. The monoisotopic (exact) mass is 388 g/mol. The average molecular weight is 388 g/mol. The van der Waals surface area contributed by atoms with Gasteiger partial charge in [-0.25, -0.2) is 8.42 Å². The quantitative estimate of drug-likeness (QED) is 0.521. The van der Waals surface area contributed by atoms with Gasteiger partial charge in [-0.3, -0.25) is 0 Å². The number of benzene rings is 3. The van der Waals surface area contributed by atoms with Crippen molar-refractivity contribution in [2.24, 2.45) is 0 Å². The Morgan fingerprint density at radius 1 is 0.750 bits per heavy atom. The SMILES string of the molecule is O=S(=O)(c1ccc2ccccc2c1)N1CCn2cccc2C1c1ccccc1. The number of aromatic nitrogens is 1. The van der Waals surface area contributed by atoms with Crippen molar-refractivity contribution in [3.63, 3.8) is 0 Å². The first kappa shape index (κ1) is 17.2. The van der Waals surface area contributed by atoms with Crippen LogP contribution in [-0.4, -0.2) is 23.8 Å². The van der Waals surface area contributed by atoms with Crippen molar-refractivity contribution in [2.45, 2.75) is 17.5 Å². The molecule has 4 nitrogen and oxygen atoms in total. The summed E-state index contributed by atoms with van der Waals surface area (Å²) in [5.41, 5.74) is 1.98. The smallest absolute Gasteiger partial charge is 0.244 e. The highest BCUT2D eigenvalue weighted by molar-refractivity contribution is 7.89. The molecule has 4 aromatic rings. The van der Waals surface area contributed by atoms with Gasteiger partial charge in [0.1, 0.15) is 0 Å². The highest BCUT2D eigenvalue weighted by atomic mass is 32.2. The molecule has 0 fully saturated rings. The third-order valence-electron chi connectivity index (χ3n) is 5.44. The van der Waals surface area contributed by atoms with Crippen LogP contribution >= 0.6 is 0 Å². The Morgan fingerprint density at radius 3 is 2.32 bits per heavy atom. The molecule has 5 heteroatoms. The summed E-state index contributed by atoms with van der Waals surface area (Å²) < 4.78 is 31.1. The van der Waals surface area contributed by atoms with Gasteiger partial charge in [-0.15, -0.1) is 0 Å². The van der Waals surface area contributed by atoms with Gasteiger partial charge in [-0.1, -0.05) is 60.7 Å². The van der Waals surface area contributed by atoms with Crippen molar-refractivity contribution in [2.75, 3.05) is 6.54 Å². The molecule has 0 radical (unpaired) electrons. The Morgan fingerprint density at radius 2 is 1.50 bits per heavy atom. The van der Waals surface area contributed by atoms with E-state index in [1.807, 2.05) is 79.0 Å². The fourth-order valence-corrected chi connectivity index (χ4v) is 5.67. The molecule has 0 bridgehead atoms. The molecular formula is C23H20N2O2S. The van der Waals surface area contributed by atoms with Gasteiger partial charge in [-0.2, -0.15) is 4.31 Å². The van der Waals surface area contributed by atoms with Gasteiger partial charge in [0, 0.05) is 25.0 Å². The van der Waals surface area contributed by atoms with E-state index in [4.69, 9.17) is 0 Å². The zero-order chi connectivity index (χ0) is 19.1. The largest absolute Gasteiger partial charge is 0.348 e. The molecule has 1 aromatic heterocycles. The van der Waals surface area contributed by atoms with Gasteiger partial charge in [0.2, 0.25) is 10.0 Å². The number of rotatable bonds is 3. The van der Waals surface area contributed by atoms with Gasteiger partial charge in [0.15, 0.2) is 0 Å². The molecule has 1 aliphatic rings.